The van der Waals surface area contributed by atoms with Gasteiger partial charge in [-0.05, 0) is 32.4 Å². The van der Waals surface area contributed by atoms with Crippen LogP contribution in [0.25, 0.3) is 0 Å². The second-order valence-corrected chi connectivity index (χ2v) is 6.15. The molecule has 0 amide bonds. The Bertz CT molecular complexity index is 499. The largest absolute Gasteiger partial charge is 0.373 e. The van der Waals surface area contributed by atoms with Gasteiger partial charge >= 0.3 is 0 Å². The number of halogens is 1. The van der Waals surface area contributed by atoms with Crippen molar-refractivity contribution in [2.24, 2.45) is 10.7 Å². The molecule has 5 nitrogen and oxygen atoms in total. The van der Waals surface area contributed by atoms with Crippen LogP contribution < -0.4 is 11.1 Å². The number of aliphatic imine (C=N–C) groups is 1. The van der Waals surface area contributed by atoms with Gasteiger partial charge in [0.1, 0.15) is 0 Å². The average Bonchev–Trinajstić information content (AvgIpc) is 2.45. The molecule has 0 aliphatic carbocycles. The number of para-hydroxylation sites is 1. The van der Waals surface area contributed by atoms with Gasteiger partial charge < -0.3 is 15.8 Å². The lowest BCUT2D eigenvalue weighted by atomic mass is 10.2. The average molecular weight is 325 g/mol. The zero-order valence-corrected chi connectivity index (χ0v) is 14.0. The fourth-order valence-corrected chi connectivity index (χ4v) is 2.88. The topological polar surface area (TPSA) is 62.9 Å². The van der Waals surface area contributed by atoms with Crippen molar-refractivity contribution >= 4 is 23.2 Å². The maximum Gasteiger partial charge on any atom is 0.193 e. The van der Waals surface area contributed by atoms with Gasteiger partial charge in [-0.25, -0.2) is 0 Å². The molecule has 2 atom stereocenters. The molecule has 0 bridgehead atoms. The molecule has 1 aliphatic rings. The lowest BCUT2D eigenvalue weighted by Gasteiger charge is -2.35. The van der Waals surface area contributed by atoms with Gasteiger partial charge in [0.25, 0.3) is 0 Å². The molecule has 1 fully saturated rings. The predicted molar refractivity (Wildman–Crippen MR) is 92.6 cm³/mol. The molecular formula is C16H25ClN4O. The van der Waals surface area contributed by atoms with E-state index in [1.807, 2.05) is 24.3 Å². The van der Waals surface area contributed by atoms with E-state index in [4.69, 9.17) is 22.1 Å². The number of nitrogens with one attached hydrogen (secondary N) is 1. The van der Waals surface area contributed by atoms with Gasteiger partial charge in [0.05, 0.1) is 22.9 Å². The summed E-state index contributed by atoms with van der Waals surface area (Å²) in [5, 5.41) is 3.66. The van der Waals surface area contributed by atoms with Crippen LogP contribution >= 0.6 is 11.6 Å². The van der Waals surface area contributed by atoms with Crippen molar-refractivity contribution in [1.29, 1.82) is 0 Å². The number of hydrogen-bond acceptors (Lipinski definition) is 3. The molecule has 1 aromatic rings. The van der Waals surface area contributed by atoms with Crippen LogP contribution in [0.1, 0.15) is 20.3 Å². The summed E-state index contributed by atoms with van der Waals surface area (Å²) >= 11 is 6.07. The SMILES string of the molecule is C[C@@H]1CN(CCCN=C(N)Nc2ccccc2Cl)C[C@@H](C)O1. The van der Waals surface area contributed by atoms with Crippen LogP contribution in [0.2, 0.25) is 5.02 Å². The molecular weight excluding hydrogens is 300 g/mol. The van der Waals surface area contributed by atoms with Gasteiger partial charge in [0.15, 0.2) is 5.96 Å². The summed E-state index contributed by atoms with van der Waals surface area (Å²) in [6, 6.07) is 7.48. The lowest BCUT2D eigenvalue weighted by molar-refractivity contribution is -0.0679. The third kappa shape index (κ3) is 5.48. The summed E-state index contributed by atoms with van der Waals surface area (Å²) in [6.07, 6.45) is 1.59. The Morgan fingerprint density at radius 3 is 2.73 bits per heavy atom. The van der Waals surface area contributed by atoms with Gasteiger partial charge in [-0.3, -0.25) is 9.89 Å². The van der Waals surface area contributed by atoms with Gasteiger partial charge in [0.2, 0.25) is 0 Å². The van der Waals surface area contributed by atoms with E-state index in [1.54, 1.807) is 0 Å². The lowest BCUT2D eigenvalue weighted by Crippen LogP contribution is -2.45. The number of ether oxygens (including phenoxy) is 1. The molecule has 1 heterocycles. The first-order chi connectivity index (χ1) is 10.5. The van der Waals surface area contributed by atoms with E-state index in [-0.39, 0.29) is 0 Å². The molecule has 2 rings (SSSR count). The third-order valence-electron chi connectivity index (χ3n) is 3.55. The van der Waals surface area contributed by atoms with Crippen LogP contribution in [0.15, 0.2) is 29.3 Å². The fourth-order valence-electron chi connectivity index (χ4n) is 2.70. The molecule has 0 unspecified atom stereocenters. The number of nitrogens with two attached hydrogens (primary N) is 1. The van der Waals surface area contributed by atoms with Crippen molar-refractivity contribution < 1.29 is 4.74 Å². The maximum absolute atomic E-state index is 6.07. The van der Waals surface area contributed by atoms with E-state index in [1.165, 1.54) is 0 Å². The van der Waals surface area contributed by atoms with E-state index in [2.05, 4.69) is 29.1 Å². The smallest absolute Gasteiger partial charge is 0.193 e. The van der Waals surface area contributed by atoms with Crippen molar-refractivity contribution in [3.8, 4) is 0 Å². The summed E-state index contributed by atoms with van der Waals surface area (Å²) in [4.78, 5) is 6.77. The Labute approximate surface area is 137 Å². The van der Waals surface area contributed by atoms with Gasteiger partial charge in [0, 0.05) is 26.2 Å². The van der Waals surface area contributed by atoms with E-state index >= 15 is 0 Å². The minimum atomic E-state index is 0.305. The summed E-state index contributed by atoms with van der Waals surface area (Å²) in [5.41, 5.74) is 6.66. The fraction of sp³-hybridized carbons (Fsp3) is 0.562. The van der Waals surface area contributed by atoms with E-state index < -0.39 is 0 Å². The van der Waals surface area contributed by atoms with E-state index in [9.17, 15) is 0 Å². The molecule has 122 valence electrons. The number of hydrogen-bond donors (Lipinski definition) is 2. The summed E-state index contributed by atoms with van der Waals surface area (Å²) in [5.74, 6) is 0.400. The highest BCUT2D eigenvalue weighted by atomic mass is 35.5. The minimum absolute atomic E-state index is 0.305. The molecule has 0 spiro atoms. The van der Waals surface area contributed by atoms with Crippen LogP contribution in [0.5, 0.6) is 0 Å². The molecule has 1 saturated heterocycles. The van der Waals surface area contributed by atoms with Crippen LogP contribution in [0, 0.1) is 0 Å². The Balaban J connectivity index is 1.72. The predicted octanol–water partition coefficient (Wildman–Crippen LogP) is 2.57. The van der Waals surface area contributed by atoms with Crippen LogP contribution in [-0.2, 0) is 4.74 Å². The first kappa shape index (κ1) is 17.1. The van der Waals surface area contributed by atoms with Crippen LogP contribution in [0.4, 0.5) is 5.69 Å². The van der Waals surface area contributed by atoms with Gasteiger partial charge in [-0.1, -0.05) is 23.7 Å². The number of morpholine rings is 1. The third-order valence-corrected chi connectivity index (χ3v) is 3.88. The van der Waals surface area contributed by atoms with E-state index in [0.717, 1.165) is 31.7 Å². The van der Waals surface area contributed by atoms with Crippen LogP contribution in [0.3, 0.4) is 0 Å². The Hall–Kier alpha value is -1.30. The second kappa shape index (κ2) is 8.36. The van der Waals surface area contributed by atoms with Crippen molar-refractivity contribution in [3.05, 3.63) is 29.3 Å². The highest BCUT2D eigenvalue weighted by Crippen LogP contribution is 2.19. The Kier molecular flexibility index (Phi) is 6.49. The number of anilines is 1. The van der Waals surface area contributed by atoms with Crippen molar-refractivity contribution in [1.82, 2.24) is 4.90 Å². The molecule has 3 N–H and O–H groups in total. The Morgan fingerprint density at radius 2 is 2.05 bits per heavy atom. The minimum Gasteiger partial charge on any atom is -0.373 e. The molecule has 1 aromatic carbocycles. The highest BCUT2D eigenvalue weighted by Gasteiger charge is 2.21. The first-order valence-corrected chi connectivity index (χ1v) is 8.11. The van der Waals surface area contributed by atoms with Crippen molar-refractivity contribution in [3.63, 3.8) is 0 Å². The van der Waals surface area contributed by atoms with Crippen molar-refractivity contribution in [2.45, 2.75) is 32.5 Å². The zero-order chi connectivity index (χ0) is 15.9. The number of guanidine groups is 1. The number of benzene rings is 1. The first-order valence-electron chi connectivity index (χ1n) is 7.74. The van der Waals surface area contributed by atoms with Gasteiger partial charge in [-0.15, -0.1) is 0 Å². The summed E-state index contributed by atoms with van der Waals surface area (Å²) in [7, 11) is 0. The standard InChI is InChI=1S/C16H25ClN4O/c1-12-10-21(11-13(2)22-12)9-5-8-19-16(18)20-15-7-4-3-6-14(15)17/h3-4,6-7,12-13H,5,8-11H2,1-2H3,(H3,18,19,20)/t12-,13-/m1/s1. The monoisotopic (exact) mass is 324 g/mol. The Morgan fingerprint density at radius 1 is 1.36 bits per heavy atom. The molecule has 22 heavy (non-hydrogen) atoms. The number of nitrogens with zero attached hydrogens (tertiary/aromatic N) is 2. The molecule has 0 radical (unpaired) electrons. The summed E-state index contributed by atoms with van der Waals surface area (Å²) < 4.78 is 5.73. The second-order valence-electron chi connectivity index (χ2n) is 5.74. The van der Waals surface area contributed by atoms with Gasteiger partial charge in [-0.2, -0.15) is 0 Å². The molecule has 6 heteroatoms. The van der Waals surface area contributed by atoms with Crippen LogP contribution in [-0.4, -0.2) is 49.2 Å². The summed E-state index contributed by atoms with van der Waals surface area (Å²) in [6.45, 7) is 7.92. The van der Waals surface area contributed by atoms with E-state index in [0.29, 0.717) is 29.7 Å². The molecule has 0 aromatic heterocycles. The zero-order valence-electron chi connectivity index (χ0n) is 13.3. The molecule has 1 aliphatic heterocycles. The maximum atomic E-state index is 6.07. The molecule has 0 saturated carbocycles. The normalized spacial score (nSPS) is 23.5. The van der Waals surface area contributed by atoms with Crippen molar-refractivity contribution in [2.75, 3.05) is 31.5 Å². The quantitative estimate of drug-likeness (QED) is 0.496. The number of rotatable bonds is 5. The highest BCUT2D eigenvalue weighted by molar-refractivity contribution is 6.33.